The second-order valence-electron chi connectivity index (χ2n) is 8.38. The summed E-state index contributed by atoms with van der Waals surface area (Å²) in [4.78, 5) is 0. The highest BCUT2D eigenvalue weighted by Gasteiger charge is 2.26. The van der Waals surface area contributed by atoms with E-state index in [1.165, 1.54) is 0 Å². The van der Waals surface area contributed by atoms with Gasteiger partial charge in [0, 0.05) is 5.41 Å². The maximum Gasteiger partial charge on any atom is 0.156 e. The third kappa shape index (κ3) is 7.68. The number of benzene rings is 2. The first-order valence-corrected chi connectivity index (χ1v) is 11.7. The van der Waals surface area contributed by atoms with E-state index < -0.39 is 17.6 Å². The summed E-state index contributed by atoms with van der Waals surface area (Å²) < 4.78 is 16.6. The van der Waals surface area contributed by atoms with Crippen LogP contribution >= 0.6 is 34.8 Å². The summed E-state index contributed by atoms with van der Waals surface area (Å²) in [5, 5.41) is 20.3. The zero-order valence-electron chi connectivity index (χ0n) is 18.8. The smallest absolute Gasteiger partial charge is 0.156 e. The lowest BCUT2D eigenvalue weighted by molar-refractivity contribution is -0.0122. The van der Waals surface area contributed by atoms with Crippen molar-refractivity contribution in [1.29, 1.82) is 0 Å². The molecular formula is C24H31Cl3O5. The first-order valence-electron chi connectivity index (χ1n) is 10.4. The Morgan fingerprint density at radius 2 is 1.41 bits per heavy atom. The average molecular weight is 506 g/mol. The normalized spacial score (nSPS) is 13.8. The molecule has 0 saturated carbocycles. The quantitative estimate of drug-likeness (QED) is 0.375. The van der Waals surface area contributed by atoms with Gasteiger partial charge < -0.3 is 24.4 Å². The van der Waals surface area contributed by atoms with E-state index in [0.717, 1.165) is 11.1 Å². The maximum absolute atomic E-state index is 9.94. The van der Waals surface area contributed by atoms with Crippen molar-refractivity contribution in [3.05, 3.63) is 57.6 Å². The van der Waals surface area contributed by atoms with Crippen LogP contribution in [0.4, 0.5) is 0 Å². The van der Waals surface area contributed by atoms with Crippen molar-refractivity contribution in [3.63, 3.8) is 0 Å². The fourth-order valence-electron chi connectivity index (χ4n) is 2.96. The van der Waals surface area contributed by atoms with Gasteiger partial charge in [-0.3, -0.25) is 0 Å². The van der Waals surface area contributed by atoms with Gasteiger partial charge in [0.2, 0.25) is 0 Å². The van der Waals surface area contributed by atoms with Gasteiger partial charge in [0.1, 0.15) is 31.2 Å². The van der Waals surface area contributed by atoms with E-state index in [0.29, 0.717) is 21.5 Å². The molecule has 2 aromatic rings. The van der Waals surface area contributed by atoms with Gasteiger partial charge in [-0.15, -0.1) is 11.6 Å². The third-order valence-electron chi connectivity index (χ3n) is 4.96. The Kier molecular flexibility index (Phi) is 10.4. The molecule has 32 heavy (non-hydrogen) atoms. The summed E-state index contributed by atoms with van der Waals surface area (Å²) in [6.45, 7) is 8.36. The van der Waals surface area contributed by atoms with Crippen molar-refractivity contribution in [3.8, 4) is 11.5 Å². The van der Waals surface area contributed by atoms with E-state index in [2.05, 4.69) is 13.8 Å². The molecule has 5 nitrogen and oxygen atoms in total. The summed E-state index contributed by atoms with van der Waals surface area (Å²) >= 11 is 18.4. The van der Waals surface area contributed by atoms with Crippen LogP contribution in [-0.4, -0.2) is 54.2 Å². The summed E-state index contributed by atoms with van der Waals surface area (Å²) in [7, 11) is 0. The summed E-state index contributed by atoms with van der Waals surface area (Å²) in [5.41, 5.74) is 1.55. The highest BCUT2D eigenvalue weighted by molar-refractivity contribution is 6.37. The van der Waals surface area contributed by atoms with E-state index in [4.69, 9.17) is 49.0 Å². The Balaban J connectivity index is 2.09. The lowest BCUT2D eigenvalue weighted by Crippen LogP contribution is -2.25. The Morgan fingerprint density at radius 3 is 1.94 bits per heavy atom. The number of aliphatic hydroxyl groups is 2. The molecule has 0 aliphatic carbocycles. The van der Waals surface area contributed by atoms with Crippen molar-refractivity contribution < 1.29 is 24.4 Å². The lowest BCUT2D eigenvalue weighted by atomic mass is 9.78. The van der Waals surface area contributed by atoms with Crippen LogP contribution in [0.25, 0.3) is 0 Å². The van der Waals surface area contributed by atoms with Crippen molar-refractivity contribution in [2.24, 2.45) is 0 Å². The summed E-state index contributed by atoms with van der Waals surface area (Å²) in [5.74, 6) is 1.04. The molecule has 8 heteroatoms. The summed E-state index contributed by atoms with van der Waals surface area (Å²) in [6, 6.07) is 11.3. The topological polar surface area (TPSA) is 68.2 Å². The largest absolute Gasteiger partial charge is 0.491 e. The second-order valence-corrected chi connectivity index (χ2v) is 9.51. The molecule has 0 fully saturated rings. The van der Waals surface area contributed by atoms with Gasteiger partial charge in [-0.2, -0.15) is 0 Å². The fraction of sp³-hybridized carbons (Fsp3) is 0.500. The Hall–Kier alpha value is -1.21. The molecule has 0 saturated heterocycles. The van der Waals surface area contributed by atoms with E-state index in [9.17, 15) is 10.2 Å². The van der Waals surface area contributed by atoms with E-state index in [1.807, 2.05) is 50.2 Å². The molecule has 2 aromatic carbocycles. The molecule has 0 aromatic heterocycles. The molecule has 2 rings (SSSR count). The van der Waals surface area contributed by atoms with Crippen LogP contribution in [0.1, 0.15) is 38.8 Å². The minimum Gasteiger partial charge on any atom is -0.491 e. The number of alkyl halides is 1. The Morgan fingerprint density at radius 1 is 0.844 bits per heavy atom. The molecule has 178 valence electrons. The number of aliphatic hydroxyl groups excluding tert-OH is 2. The highest BCUT2D eigenvalue weighted by Crippen LogP contribution is 2.40. The highest BCUT2D eigenvalue weighted by atomic mass is 35.5. The summed E-state index contributed by atoms with van der Waals surface area (Å²) in [6.07, 6.45) is -1.43. The third-order valence-corrected chi connectivity index (χ3v) is 5.88. The number of halogens is 3. The van der Waals surface area contributed by atoms with E-state index in [-0.39, 0.29) is 31.8 Å². The first-order chi connectivity index (χ1) is 15.0. The number of hydrogen-bond acceptors (Lipinski definition) is 5. The monoisotopic (exact) mass is 504 g/mol. The van der Waals surface area contributed by atoms with Gasteiger partial charge in [0.15, 0.2) is 5.75 Å². The molecule has 0 heterocycles. The lowest BCUT2D eigenvalue weighted by Gasteiger charge is -2.27. The Labute approximate surface area is 205 Å². The van der Waals surface area contributed by atoms with Crippen LogP contribution in [0.5, 0.6) is 11.5 Å². The van der Waals surface area contributed by atoms with Crippen LogP contribution in [0.3, 0.4) is 0 Å². The minimum absolute atomic E-state index is 0.00539. The van der Waals surface area contributed by atoms with Gasteiger partial charge in [0.05, 0.1) is 28.6 Å². The molecule has 2 atom stereocenters. The van der Waals surface area contributed by atoms with Gasteiger partial charge in [0.25, 0.3) is 0 Å². The first kappa shape index (κ1) is 27.0. The number of ether oxygens (including phenoxy) is 3. The van der Waals surface area contributed by atoms with Crippen molar-refractivity contribution in [2.45, 2.75) is 51.4 Å². The SMILES string of the molecule is CC(C)OC[C@@H](O)COc1ccc(C(C)(C)c2cc(Cl)c(OC[C@@H](O)CCl)c(Cl)c2)cc1. The molecule has 0 amide bonds. The van der Waals surface area contributed by atoms with E-state index in [1.54, 1.807) is 0 Å². The van der Waals surface area contributed by atoms with Crippen LogP contribution in [-0.2, 0) is 10.2 Å². The predicted octanol–water partition coefficient (Wildman–Crippen LogP) is 5.46. The van der Waals surface area contributed by atoms with Gasteiger partial charge in [-0.25, -0.2) is 0 Å². The van der Waals surface area contributed by atoms with Crippen molar-refractivity contribution >= 4 is 34.8 Å². The molecule has 0 aliphatic heterocycles. The van der Waals surface area contributed by atoms with E-state index >= 15 is 0 Å². The molecule has 0 unspecified atom stereocenters. The molecular weight excluding hydrogens is 475 g/mol. The second kappa shape index (κ2) is 12.3. The molecule has 0 aliphatic rings. The van der Waals surface area contributed by atoms with Crippen LogP contribution in [0, 0.1) is 0 Å². The molecule has 0 spiro atoms. The zero-order valence-corrected chi connectivity index (χ0v) is 21.0. The van der Waals surface area contributed by atoms with Gasteiger partial charge in [-0.05, 0) is 49.2 Å². The van der Waals surface area contributed by atoms with Gasteiger partial charge >= 0.3 is 0 Å². The van der Waals surface area contributed by atoms with Crippen LogP contribution in [0.15, 0.2) is 36.4 Å². The maximum atomic E-state index is 9.94. The molecule has 2 N–H and O–H groups in total. The molecule has 0 bridgehead atoms. The molecule has 0 radical (unpaired) electrons. The average Bonchev–Trinajstić information content (AvgIpc) is 2.75. The van der Waals surface area contributed by atoms with Crippen LogP contribution in [0.2, 0.25) is 10.0 Å². The standard InChI is InChI=1S/C24H31Cl3O5/c1-15(2)30-13-19(29)14-31-20-7-5-16(6-8-20)24(3,4)17-9-21(26)23(22(27)10-17)32-12-18(28)11-25/h5-10,15,18-19,28-29H,11-14H2,1-4H3/t18-,19+/m0/s1. The van der Waals surface area contributed by atoms with Crippen LogP contribution < -0.4 is 9.47 Å². The van der Waals surface area contributed by atoms with Gasteiger partial charge in [-0.1, -0.05) is 49.2 Å². The fourth-order valence-corrected chi connectivity index (χ4v) is 3.65. The number of rotatable bonds is 12. The van der Waals surface area contributed by atoms with Crippen molar-refractivity contribution in [2.75, 3.05) is 25.7 Å². The predicted molar refractivity (Wildman–Crippen MR) is 130 cm³/mol. The minimum atomic E-state index is -0.801. The zero-order chi connectivity index (χ0) is 23.9. The van der Waals surface area contributed by atoms with Crippen molar-refractivity contribution in [1.82, 2.24) is 0 Å². The Bertz CT molecular complexity index is 832. The number of hydrogen-bond donors (Lipinski definition) is 2.